The van der Waals surface area contributed by atoms with E-state index in [9.17, 15) is 22.4 Å². The highest BCUT2D eigenvalue weighted by molar-refractivity contribution is 7.90. The van der Waals surface area contributed by atoms with E-state index >= 15 is 0 Å². The number of amides is 2. The third kappa shape index (κ3) is 5.99. The summed E-state index contributed by atoms with van der Waals surface area (Å²) in [5.41, 5.74) is 2.89. The van der Waals surface area contributed by atoms with Crippen molar-refractivity contribution in [3.05, 3.63) is 95.3 Å². The predicted molar refractivity (Wildman–Crippen MR) is 129 cm³/mol. The Hall–Kier alpha value is -3.72. The highest BCUT2D eigenvalue weighted by atomic mass is 32.2. The second-order valence-corrected chi connectivity index (χ2v) is 10.2. The summed E-state index contributed by atoms with van der Waals surface area (Å²) in [5.74, 6) is -1.94. The van der Waals surface area contributed by atoms with Crippen molar-refractivity contribution in [3.63, 3.8) is 0 Å². The van der Waals surface area contributed by atoms with Crippen molar-refractivity contribution >= 4 is 33.0 Å². The first kappa shape index (κ1) is 23.4. The molecule has 9 heteroatoms. The van der Waals surface area contributed by atoms with Crippen molar-refractivity contribution < 1.29 is 22.4 Å². The maximum atomic E-state index is 13.1. The van der Waals surface area contributed by atoms with E-state index in [1.807, 2.05) is 30.3 Å². The molecule has 0 spiro atoms. The van der Waals surface area contributed by atoms with E-state index in [4.69, 9.17) is 0 Å². The molecule has 0 fully saturated rings. The molecule has 0 saturated carbocycles. The number of anilines is 2. The van der Waals surface area contributed by atoms with Gasteiger partial charge in [0.2, 0.25) is 5.91 Å². The third-order valence-corrected chi connectivity index (χ3v) is 7.06. The number of nitrogens with one attached hydrogen (secondary N) is 3. The van der Waals surface area contributed by atoms with Gasteiger partial charge in [0.1, 0.15) is 11.9 Å². The van der Waals surface area contributed by atoms with Crippen molar-refractivity contribution in [1.82, 2.24) is 5.32 Å². The zero-order valence-corrected chi connectivity index (χ0v) is 19.1. The lowest BCUT2D eigenvalue weighted by molar-refractivity contribution is -0.116. The van der Waals surface area contributed by atoms with Gasteiger partial charge in [-0.1, -0.05) is 42.5 Å². The van der Waals surface area contributed by atoms with Gasteiger partial charge in [0.05, 0.1) is 22.9 Å². The average Bonchev–Trinajstić information content (AvgIpc) is 2.81. The first-order chi connectivity index (χ1) is 16.3. The van der Waals surface area contributed by atoms with Crippen molar-refractivity contribution in [2.45, 2.75) is 18.2 Å². The topological polar surface area (TPSA) is 104 Å². The fourth-order valence-electron chi connectivity index (χ4n) is 3.72. The van der Waals surface area contributed by atoms with Crippen LogP contribution in [0, 0.1) is 5.82 Å². The molecule has 4 rings (SSSR count). The van der Waals surface area contributed by atoms with Crippen LogP contribution >= 0.6 is 0 Å². The van der Waals surface area contributed by atoms with Crippen molar-refractivity contribution in [2.75, 3.05) is 22.9 Å². The molecule has 3 aromatic carbocycles. The van der Waals surface area contributed by atoms with Gasteiger partial charge < -0.3 is 16.0 Å². The molecule has 1 atom stereocenters. The molecule has 1 aliphatic rings. The number of rotatable bonds is 8. The summed E-state index contributed by atoms with van der Waals surface area (Å²) in [7, 11) is -3.65. The average molecular weight is 482 g/mol. The molecule has 0 bridgehead atoms. The standard InChI is InChI=1S/C25H24FN3O4S/c26-20-9-6-18(7-10-20)15-34(32,33)16-23-25(31)29-22-14-19(8-11-21(22)28-23)24(30)27-13-12-17-4-2-1-3-5-17/h1-11,14,23,28H,12-13,15-16H2,(H,27,30)(H,29,31)/t23-/m1/s1. The van der Waals surface area contributed by atoms with Gasteiger partial charge in [-0.15, -0.1) is 0 Å². The van der Waals surface area contributed by atoms with Crippen LogP contribution < -0.4 is 16.0 Å². The van der Waals surface area contributed by atoms with E-state index in [2.05, 4.69) is 16.0 Å². The number of sulfone groups is 1. The smallest absolute Gasteiger partial charge is 0.251 e. The first-order valence-electron chi connectivity index (χ1n) is 10.8. The van der Waals surface area contributed by atoms with Crippen LogP contribution in [0.25, 0.3) is 0 Å². The molecule has 7 nitrogen and oxygen atoms in total. The van der Waals surface area contributed by atoms with Gasteiger partial charge >= 0.3 is 0 Å². The largest absolute Gasteiger partial charge is 0.371 e. The zero-order valence-electron chi connectivity index (χ0n) is 18.3. The van der Waals surface area contributed by atoms with Crippen LogP contribution in [0.2, 0.25) is 0 Å². The lowest BCUT2D eigenvalue weighted by Gasteiger charge is -2.27. The summed E-state index contributed by atoms with van der Waals surface area (Å²) in [6, 6.07) is 18.8. The number of hydrogen-bond donors (Lipinski definition) is 3. The highest BCUT2D eigenvalue weighted by Crippen LogP contribution is 2.28. The molecule has 1 heterocycles. The predicted octanol–water partition coefficient (Wildman–Crippen LogP) is 3.15. The molecule has 34 heavy (non-hydrogen) atoms. The van der Waals surface area contributed by atoms with Crippen LogP contribution in [0.4, 0.5) is 15.8 Å². The minimum atomic E-state index is -3.65. The van der Waals surface area contributed by atoms with Gasteiger partial charge in [0, 0.05) is 12.1 Å². The quantitative estimate of drug-likeness (QED) is 0.459. The van der Waals surface area contributed by atoms with Crippen molar-refractivity contribution in [1.29, 1.82) is 0 Å². The first-order valence-corrected chi connectivity index (χ1v) is 12.6. The molecule has 1 aliphatic heterocycles. The molecular weight excluding hydrogens is 457 g/mol. The molecule has 176 valence electrons. The molecule has 0 aromatic heterocycles. The molecule has 0 aliphatic carbocycles. The fourth-order valence-corrected chi connectivity index (χ4v) is 5.28. The van der Waals surface area contributed by atoms with E-state index in [1.54, 1.807) is 18.2 Å². The minimum Gasteiger partial charge on any atom is -0.371 e. The molecular formula is C25H24FN3O4S. The number of halogens is 1. The number of hydrogen-bond acceptors (Lipinski definition) is 5. The maximum Gasteiger partial charge on any atom is 0.251 e. The van der Waals surface area contributed by atoms with E-state index in [-0.39, 0.29) is 11.7 Å². The normalized spacial score (nSPS) is 15.1. The van der Waals surface area contributed by atoms with E-state index < -0.39 is 33.4 Å². The molecule has 0 unspecified atom stereocenters. The Morgan fingerprint density at radius 1 is 0.941 bits per heavy atom. The van der Waals surface area contributed by atoms with Gasteiger partial charge in [-0.2, -0.15) is 0 Å². The number of fused-ring (bicyclic) bond motifs is 1. The Bertz CT molecular complexity index is 1300. The Morgan fingerprint density at radius 3 is 2.41 bits per heavy atom. The zero-order chi connectivity index (χ0) is 24.1. The number of benzene rings is 3. The fraction of sp³-hybridized carbons (Fsp3) is 0.200. The molecule has 2 amide bonds. The minimum absolute atomic E-state index is 0.267. The van der Waals surface area contributed by atoms with Gasteiger partial charge in [0.25, 0.3) is 5.91 Å². The van der Waals surface area contributed by atoms with Crippen molar-refractivity contribution in [3.8, 4) is 0 Å². The van der Waals surface area contributed by atoms with Crippen LogP contribution in [0.5, 0.6) is 0 Å². The van der Waals surface area contributed by atoms with E-state index in [0.717, 1.165) is 5.56 Å². The summed E-state index contributed by atoms with van der Waals surface area (Å²) in [5, 5.41) is 8.49. The molecule has 0 saturated heterocycles. The Morgan fingerprint density at radius 2 is 1.68 bits per heavy atom. The Balaban J connectivity index is 1.36. The maximum absolute atomic E-state index is 13.1. The number of carbonyl (C=O) groups excluding carboxylic acids is 2. The van der Waals surface area contributed by atoms with Crippen LogP contribution in [0.15, 0.2) is 72.8 Å². The molecule has 0 radical (unpaired) electrons. The van der Waals surface area contributed by atoms with E-state index in [0.29, 0.717) is 35.5 Å². The summed E-state index contributed by atoms with van der Waals surface area (Å²) in [4.78, 5) is 25.1. The Labute approximate surface area is 197 Å². The van der Waals surface area contributed by atoms with Gasteiger partial charge in [0.15, 0.2) is 9.84 Å². The second-order valence-electron chi connectivity index (χ2n) is 8.12. The van der Waals surface area contributed by atoms with Crippen molar-refractivity contribution in [2.24, 2.45) is 0 Å². The summed E-state index contributed by atoms with van der Waals surface area (Å²) in [6.07, 6.45) is 0.698. The monoisotopic (exact) mass is 481 g/mol. The lowest BCUT2D eigenvalue weighted by Crippen LogP contribution is -2.43. The van der Waals surface area contributed by atoms with Crippen LogP contribution in [0.1, 0.15) is 21.5 Å². The van der Waals surface area contributed by atoms with Crippen LogP contribution in [0.3, 0.4) is 0 Å². The third-order valence-electron chi connectivity index (χ3n) is 5.45. The summed E-state index contributed by atoms with van der Waals surface area (Å²) >= 11 is 0. The second kappa shape index (κ2) is 10.0. The number of carbonyl (C=O) groups is 2. The van der Waals surface area contributed by atoms with Gasteiger partial charge in [-0.3, -0.25) is 9.59 Å². The van der Waals surface area contributed by atoms with Crippen LogP contribution in [-0.2, 0) is 26.8 Å². The molecule has 3 N–H and O–H groups in total. The molecule has 3 aromatic rings. The highest BCUT2D eigenvalue weighted by Gasteiger charge is 2.30. The Kier molecular flexibility index (Phi) is 6.93. The summed E-state index contributed by atoms with van der Waals surface area (Å²) in [6.45, 7) is 0.471. The SMILES string of the molecule is O=C(NCCc1ccccc1)c1ccc2c(c1)NC(=O)[C@@H](CS(=O)(=O)Cc1ccc(F)cc1)N2. The lowest BCUT2D eigenvalue weighted by atomic mass is 10.1. The summed E-state index contributed by atoms with van der Waals surface area (Å²) < 4.78 is 38.2. The van der Waals surface area contributed by atoms with E-state index in [1.165, 1.54) is 24.3 Å². The van der Waals surface area contributed by atoms with Gasteiger partial charge in [-0.05, 0) is 47.9 Å². The van der Waals surface area contributed by atoms with Crippen LogP contribution in [-0.4, -0.2) is 38.6 Å². The van der Waals surface area contributed by atoms with Gasteiger partial charge in [-0.25, -0.2) is 12.8 Å².